The molecule has 0 spiro atoms. The first-order valence-electron chi connectivity index (χ1n) is 7.78. The maximum atomic E-state index is 9.39. The summed E-state index contributed by atoms with van der Waals surface area (Å²) in [4.78, 5) is 2.61. The van der Waals surface area contributed by atoms with Crippen LogP contribution in [0.3, 0.4) is 0 Å². The summed E-state index contributed by atoms with van der Waals surface area (Å²) in [7, 11) is 0. The predicted octanol–water partition coefficient (Wildman–Crippen LogP) is 2.39. The number of nitrogens with one attached hydrogen (secondary N) is 1. The fourth-order valence-electron chi connectivity index (χ4n) is 3.07. The highest BCUT2D eigenvalue weighted by Crippen LogP contribution is 2.22. The molecule has 2 N–H and O–H groups in total. The SMILES string of the molecule is CCN(CCC(CO)NC(C)C)C1CCCCC1. The van der Waals surface area contributed by atoms with Crippen molar-refractivity contribution in [1.29, 1.82) is 0 Å². The zero-order valence-electron chi connectivity index (χ0n) is 12.5. The van der Waals surface area contributed by atoms with Crippen LogP contribution in [0.2, 0.25) is 0 Å². The first-order valence-corrected chi connectivity index (χ1v) is 7.78. The van der Waals surface area contributed by atoms with Crippen LogP contribution in [0.4, 0.5) is 0 Å². The monoisotopic (exact) mass is 256 g/mol. The molecule has 18 heavy (non-hydrogen) atoms. The molecule has 0 aliphatic heterocycles. The highest BCUT2D eigenvalue weighted by Gasteiger charge is 2.20. The van der Waals surface area contributed by atoms with Crippen molar-refractivity contribution < 1.29 is 5.11 Å². The van der Waals surface area contributed by atoms with Crippen LogP contribution < -0.4 is 5.32 Å². The number of rotatable bonds is 8. The summed E-state index contributed by atoms with van der Waals surface area (Å²) in [5.74, 6) is 0. The summed E-state index contributed by atoms with van der Waals surface area (Å²) in [5.41, 5.74) is 0. The lowest BCUT2D eigenvalue weighted by Crippen LogP contribution is -2.43. The lowest BCUT2D eigenvalue weighted by Gasteiger charge is -2.34. The van der Waals surface area contributed by atoms with Gasteiger partial charge in [-0.1, -0.05) is 40.0 Å². The molecule has 1 saturated carbocycles. The minimum atomic E-state index is 0.250. The molecule has 0 saturated heterocycles. The van der Waals surface area contributed by atoms with E-state index in [1.807, 2.05) is 0 Å². The first kappa shape index (κ1) is 15.9. The van der Waals surface area contributed by atoms with E-state index in [2.05, 4.69) is 31.0 Å². The van der Waals surface area contributed by atoms with Gasteiger partial charge in [-0.25, -0.2) is 0 Å². The molecule has 0 aromatic carbocycles. The van der Waals surface area contributed by atoms with Crippen molar-refractivity contribution in [2.24, 2.45) is 0 Å². The van der Waals surface area contributed by atoms with E-state index in [1.54, 1.807) is 0 Å². The van der Waals surface area contributed by atoms with Crippen LogP contribution in [0.5, 0.6) is 0 Å². The Hall–Kier alpha value is -0.120. The maximum absolute atomic E-state index is 9.39. The number of hydrogen-bond acceptors (Lipinski definition) is 3. The molecule has 3 heteroatoms. The molecule has 1 fully saturated rings. The van der Waals surface area contributed by atoms with Crippen LogP contribution in [0.15, 0.2) is 0 Å². The smallest absolute Gasteiger partial charge is 0.0585 e. The van der Waals surface area contributed by atoms with E-state index in [0.29, 0.717) is 6.04 Å². The Morgan fingerprint density at radius 2 is 1.89 bits per heavy atom. The van der Waals surface area contributed by atoms with Gasteiger partial charge in [-0.3, -0.25) is 0 Å². The van der Waals surface area contributed by atoms with E-state index in [-0.39, 0.29) is 12.6 Å². The van der Waals surface area contributed by atoms with E-state index in [4.69, 9.17) is 0 Å². The van der Waals surface area contributed by atoms with Crippen molar-refractivity contribution in [3.63, 3.8) is 0 Å². The van der Waals surface area contributed by atoms with Gasteiger partial charge in [0.1, 0.15) is 0 Å². The van der Waals surface area contributed by atoms with Crippen LogP contribution in [-0.4, -0.2) is 47.8 Å². The largest absolute Gasteiger partial charge is 0.395 e. The van der Waals surface area contributed by atoms with Crippen LogP contribution in [0.25, 0.3) is 0 Å². The van der Waals surface area contributed by atoms with E-state index in [1.165, 1.54) is 32.1 Å². The normalized spacial score (nSPS) is 19.7. The molecular weight excluding hydrogens is 224 g/mol. The number of nitrogens with zero attached hydrogens (tertiary/aromatic N) is 1. The summed E-state index contributed by atoms with van der Waals surface area (Å²) >= 11 is 0. The van der Waals surface area contributed by atoms with Gasteiger partial charge in [0.15, 0.2) is 0 Å². The standard InChI is InChI=1S/C15H32N2O/c1-4-17(15-8-6-5-7-9-15)11-10-14(12-18)16-13(2)3/h13-16,18H,4-12H2,1-3H3. The summed E-state index contributed by atoms with van der Waals surface area (Å²) in [6.07, 6.45) is 8.01. The Bertz CT molecular complexity index is 203. The lowest BCUT2D eigenvalue weighted by atomic mass is 9.94. The zero-order chi connectivity index (χ0) is 13.4. The maximum Gasteiger partial charge on any atom is 0.0585 e. The van der Waals surface area contributed by atoms with E-state index in [9.17, 15) is 5.11 Å². The quantitative estimate of drug-likeness (QED) is 0.700. The van der Waals surface area contributed by atoms with Gasteiger partial charge in [0, 0.05) is 18.1 Å². The van der Waals surface area contributed by atoms with Gasteiger partial charge in [-0.15, -0.1) is 0 Å². The zero-order valence-corrected chi connectivity index (χ0v) is 12.5. The van der Waals surface area contributed by atoms with Crippen LogP contribution in [0.1, 0.15) is 59.3 Å². The Morgan fingerprint density at radius 3 is 2.39 bits per heavy atom. The fraction of sp³-hybridized carbons (Fsp3) is 1.00. The highest BCUT2D eigenvalue weighted by molar-refractivity contribution is 4.77. The molecule has 0 amide bonds. The molecule has 1 aliphatic rings. The third kappa shape index (κ3) is 5.68. The Morgan fingerprint density at radius 1 is 1.22 bits per heavy atom. The molecule has 0 bridgehead atoms. The van der Waals surface area contributed by atoms with Gasteiger partial charge < -0.3 is 15.3 Å². The van der Waals surface area contributed by atoms with Crippen molar-refractivity contribution in [2.45, 2.75) is 77.4 Å². The summed E-state index contributed by atoms with van der Waals surface area (Å²) in [5, 5.41) is 12.8. The second kappa shape index (κ2) is 8.89. The fourth-order valence-corrected chi connectivity index (χ4v) is 3.07. The van der Waals surface area contributed by atoms with Crippen LogP contribution in [0, 0.1) is 0 Å². The number of aliphatic hydroxyl groups excluding tert-OH is 1. The van der Waals surface area contributed by atoms with E-state index in [0.717, 1.165) is 25.6 Å². The second-order valence-electron chi connectivity index (χ2n) is 5.91. The molecule has 1 aliphatic carbocycles. The molecule has 1 atom stereocenters. The first-order chi connectivity index (χ1) is 8.67. The van der Waals surface area contributed by atoms with E-state index < -0.39 is 0 Å². The van der Waals surface area contributed by atoms with Gasteiger partial charge in [0.05, 0.1) is 6.61 Å². The van der Waals surface area contributed by atoms with Gasteiger partial charge in [-0.2, -0.15) is 0 Å². The molecule has 1 rings (SSSR count). The van der Waals surface area contributed by atoms with Crippen molar-refractivity contribution >= 4 is 0 Å². The van der Waals surface area contributed by atoms with Gasteiger partial charge >= 0.3 is 0 Å². The third-order valence-electron chi connectivity index (χ3n) is 4.05. The minimum absolute atomic E-state index is 0.250. The topological polar surface area (TPSA) is 35.5 Å². The molecule has 0 aromatic heterocycles. The lowest BCUT2D eigenvalue weighted by molar-refractivity contribution is 0.144. The summed E-state index contributed by atoms with van der Waals surface area (Å²) in [6.45, 7) is 9.05. The molecule has 0 radical (unpaired) electrons. The minimum Gasteiger partial charge on any atom is -0.395 e. The molecular formula is C15H32N2O. The number of aliphatic hydroxyl groups is 1. The predicted molar refractivity (Wildman–Crippen MR) is 77.9 cm³/mol. The second-order valence-corrected chi connectivity index (χ2v) is 5.91. The van der Waals surface area contributed by atoms with Crippen molar-refractivity contribution in [3.8, 4) is 0 Å². The Kier molecular flexibility index (Phi) is 7.87. The molecule has 108 valence electrons. The van der Waals surface area contributed by atoms with Gasteiger partial charge in [0.25, 0.3) is 0 Å². The Labute approximate surface area is 113 Å². The van der Waals surface area contributed by atoms with Gasteiger partial charge in [0.2, 0.25) is 0 Å². The Balaban J connectivity index is 2.32. The van der Waals surface area contributed by atoms with Gasteiger partial charge in [-0.05, 0) is 32.4 Å². The number of hydrogen-bond donors (Lipinski definition) is 2. The van der Waals surface area contributed by atoms with Crippen molar-refractivity contribution in [2.75, 3.05) is 19.7 Å². The molecule has 3 nitrogen and oxygen atoms in total. The van der Waals surface area contributed by atoms with Crippen LogP contribution in [-0.2, 0) is 0 Å². The van der Waals surface area contributed by atoms with Crippen molar-refractivity contribution in [1.82, 2.24) is 10.2 Å². The third-order valence-corrected chi connectivity index (χ3v) is 4.05. The molecule has 0 aromatic rings. The summed E-state index contributed by atoms with van der Waals surface area (Å²) in [6, 6.07) is 1.50. The average Bonchev–Trinajstić information content (AvgIpc) is 2.39. The summed E-state index contributed by atoms with van der Waals surface area (Å²) < 4.78 is 0. The van der Waals surface area contributed by atoms with Crippen LogP contribution >= 0.6 is 0 Å². The van der Waals surface area contributed by atoms with Crippen molar-refractivity contribution in [3.05, 3.63) is 0 Å². The highest BCUT2D eigenvalue weighted by atomic mass is 16.3. The molecule has 1 unspecified atom stereocenters. The molecule has 0 heterocycles. The van der Waals surface area contributed by atoms with E-state index >= 15 is 0 Å². The average molecular weight is 256 g/mol.